The van der Waals surface area contributed by atoms with Crippen molar-refractivity contribution in [2.24, 2.45) is 0 Å². The molecule has 0 spiro atoms. The highest BCUT2D eigenvalue weighted by Crippen LogP contribution is 2.30. The van der Waals surface area contributed by atoms with E-state index in [1.165, 1.54) is 6.33 Å². The van der Waals surface area contributed by atoms with Gasteiger partial charge >= 0.3 is 0 Å². The van der Waals surface area contributed by atoms with Crippen LogP contribution >= 0.6 is 11.6 Å². The summed E-state index contributed by atoms with van der Waals surface area (Å²) in [6.45, 7) is 3.77. The van der Waals surface area contributed by atoms with Gasteiger partial charge in [-0.3, -0.25) is 0 Å². The summed E-state index contributed by atoms with van der Waals surface area (Å²) in [6, 6.07) is 9.77. The first-order valence-corrected chi connectivity index (χ1v) is 6.54. The normalized spacial score (nSPS) is 10.8. The van der Waals surface area contributed by atoms with Crippen LogP contribution in [0, 0.1) is 13.8 Å². The van der Waals surface area contributed by atoms with E-state index in [4.69, 9.17) is 16.3 Å². The van der Waals surface area contributed by atoms with E-state index in [1.807, 2.05) is 44.2 Å². The zero-order chi connectivity index (χ0) is 14.1. The van der Waals surface area contributed by atoms with Crippen LogP contribution in [0.1, 0.15) is 11.3 Å². The van der Waals surface area contributed by atoms with Gasteiger partial charge in [0.15, 0.2) is 5.75 Å². The highest BCUT2D eigenvalue weighted by molar-refractivity contribution is 6.30. The van der Waals surface area contributed by atoms with Gasteiger partial charge in [0.1, 0.15) is 17.0 Å². The third-order valence-electron chi connectivity index (χ3n) is 3.01. The van der Waals surface area contributed by atoms with Crippen molar-refractivity contribution in [3.05, 3.63) is 53.1 Å². The minimum absolute atomic E-state index is 0.388. The van der Waals surface area contributed by atoms with E-state index in [2.05, 4.69) is 15.0 Å². The Balaban J connectivity index is 2.11. The summed E-state index contributed by atoms with van der Waals surface area (Å²) in [6.07, 6.45) is 1.38. The Kier molecular flexibility index (Phi) is 3.24. The largest absolute Gasteiger partial charge is 0.436 e. The van der Waals surface area contributed by atoms with Gasteiger partial charge in [0, 0.05) is 16.6 Å². The second-order valence-corrected chi connectivity index (χ2v) is 4.84. The van der Waals surface area contributed by atoms with Gasteiger partial charge < -0.3 is 4.74 Å². The van der Waals surface area contributed by atoms with Crippen LogP contribution in [0.3, 0.4) is 0 Å². The number of halogens is 1. The number of hydrogen-bond acceptors (Lipinski definition) is 4. The molecule has 0 amide bonds. The van der Waals surface area contributed by atoms with Crippen molar-refractivity contribution < 1.29 is 4.74 Å². The molecule has 0 radical (unpaired) electrons. The fraction of sp³-hybridized carbons (Fsp3) is 0.133. The number of aryl methyl sites for hydroxylation is 1. The van der Waals surface area contributed by atoms with Crippen LogP contribution in [0.5, 0.6) is 11.6 Å². The first-order chi connectivity index (χ1) is 9.65. The lowest BCUT2D eigenvalue weighted by atomic mass is 10.2. The van der Waals surface area contributed by atoms with Crippen LogP contribution in [0.2, 0.25) is 5.15 Å². The van der Waals surface area contributed by atoms with Gasteiger partial charge in [-0.2, -0.15) is 0 Å². The number of para-hydroxylation sites is 1. The molecule has 4 nitrogen and oxygen atoms in total. The van der Waals surface area contributed by atoms with E-state index in [0.717, 1.165) is 16.6 Å². The van der Waals surface area contributed by atoms with Crippen molar-refractivity contribution in [3.8, 4) is 11.6 Å². The van der Waals surface area contributed by atoms with Gasteiger partial charge in [-0.05, 0) is 26.0 Å². The number of nitrogens with zero attached hydrogens (tertiary/aromatic N) is 3. The first-order valence-electron chi connectivity index (χ1n) is 6.16. The molecular formula is C15H12ClN3O. The Morgan fingerprint density at radius 3 is 2.75 bits per heavy atom. The zero-order valence-corrected chi connectivity index (χ0v) is 11.8. The topological polar surface area (TPSA) is 47.9 Å². The number of pyridine rings is 1. The molecule has 0 saturated carbocycles. The maximum atomic E-state index is 5.98. The van der Waals surface area contributed by atoms with Crippen molar-refractivity contribution in [1.82, 2.24) is 15.0 Å². The zero-order valence-electron chi connectivity index (χ0n) is 11.1. The van der Waals surface area contributed by atoms with Crippen LogP contribution in [0.15, 0.2) is 36.7 Å². The van der Waals surface area contributed by atoms with E-state index >= 15 is 0 Å². The highest BCUT2D eigenvalue weighted by Gasteiger charge is 2.10. The molecule has 0 aliphatic rings. The molecule has 0 bridgehead atoms. The molecule has 0 saturated heterocycles. The third-order valence-corrected chi connectivity index (χ3v) is 3.39. The molecule has 3 rings (SSSR count). The summed E-state index contributed by atoms with van der Waals surface area (Å²) in [5.74, 6) is 1.10. The van der Waals surface area contributed by atoms with Gasteiger partial charge in [-0.25, -0.2) is 15.0 Å². The summed E-state index contributed by atoms with van der Waals surface area (Å²) in [5, 5.41) is 1.41. The number of benzene rings is 1. The Labute approximate surface area is 121 Å². The third kappa shape index (κ3) is 2.30. The van der Waals surface area contributed by atoms with Crippen molar-refractivity contribution in [2.45, 2.75) is 13.8 Å². The summed E-state index contributed by atoms with van der Waals surface area (Å²) >= 11 is 5.98. The van der Waals surface area contributed by atoms with E-state index in [0.29, 0.717) is 22.3 Å². The van der Waals surface area contributed by atoms with Crippen LogP contribution < -0.4 is 4.74 Å². The number of hydrogen-bond donors (Lipinski definition) is 0. The summed E-state index contributed by atoms with van der Waals surface area (Å²) in [5.41, 5.74) is 2.45. The van der Waals surface area contributed by atoms with E-state index < -0.39 is 0 Å². The predicted molar refractivity (Wildman–Crippen MR) is 78.3 cm³/mol. The molecule has 100 valence electrons. The Hall–Kier alpha value is -2.20. The Morgan fingerprint density at radius 1 is 1.05 bits per heavy atom. The second-order valence-electron chi connectivity index (χ2n) is 4.48. The second kappa shape index (κ2) is 5.06. The summed E-state index contributed by atoms with van der Waals surface area (Å²) in [4.78, 5) is 12.6. The first kappa shape index (κ1) is 12.8. The molecule has 5 heteroatoms. The van der Waals surface area contributed by atoms with Crippen molar-refractivity contribution >= 4 is 22.5 Å². The van der Waals surface area contributed by atoms with Crippen LogP contribution in [0.25, 0.3) is 10.9 Å². The van der Waals surface area contributed by atoms with Gasteiger partial charge in [0.05, 0.1) is 0 Å². The number of aromatic nitrogens is 3. The molecule has 0 atom stereocenters. The molecule has 0 aliphatic heterocycles. The van der Waals surface area contributed by atoms with Crippen LogP contribution in [-0.2, 0) is 0 Å². The van der Waals surface area contributed by atoms with Crippen molar-refractivity contribution in [1.29, 1.82) is 0 Å². The maximum absolute atomic E-state index is 5.98. The molecule has 20 heavy (non-hydrogen) atoms. The lowest BCUT2D eigenvalue weighted by Crippen LogP contribution is -1.95. The maximum Gasteiger partial charge on any atom is 0.226 e. The molecule has 3 aromatic rings. The molecular weight excluding hydrogens is 274 g/mol. The summed E-state index contributed by atoms with van der Waals surface area (Å²) < 4.78 is 5.86. The average Bonchev–Trinajstić information content (AvgIpc) is 2.44. The van der Waals surface area contributed by atoms with Crippen LogP contribution in [0.4, 0.5) is 0 Å². The average molecular weight is 286 g/mol. The Bertz CT molecular complexity index is 789. The molecule has 0 unspecified atom stereocenters. The highest BCUT2D eigenvalue weighted by atomic mass is 35.5. The van der Waals surface area contributed by atoms with E-state index in [1.54, 1.807) is 0 Å². The van der Waals surface area contributed by atoms with E-state index in [-0.39, 0.29) is 0 Å². The van der Waals surface area contributed by atoms with Crippen molar-refractivity contribution in [2.75, 3.05) is 0 Å². The number of rotatable bonds is 2. The van der Waals surface area contributed by atoms with Crippen LogP contribution in [-0.4, -0.2) is 15.0 Å². The molecule has 0 N–H and O–H groups in total. The SMILES string of the molecule is Cc1ccc2cccc(Oc3ncnc(Cl)c3C)c2n1. The van der Waals surface area contributed by atoms with Gasteiger partial charge in [-0.15, -0.1) is 0 Å². The van der Waals surface area contributed by atoms with Gasteiger partial charge in [-0.1, -0.05) is 29.8 Å². The number of fused-ring (bicyclic) bond motifs is 1. The minimum atomic E-state index is 0.388. The standard InChI is InChI=1S/C15H12ClN3O/c1-9-6-7-11-4-3-5-12(13(11)19-9)20-15-10(2)14(16)17-8-18-15/h3-8H,1-2H3. The fourth-order valence-corrected chi connectivity index (χ4v) is 2.05. The molecule has 2 heterocycles. The molecule has 0 aliphatic carbocycles. The molecule has 2 aromatic heterocycles. The predicted octanol–water partition coefficient (Wildman–Crippen LogP) is 4.09. The summed E-state index contributed by atoms with van der Waals surface area (Å²) in [7, 11) is 0. The lowest BCUT2D eigenvalue weighted by molar-refractivity contribution is 0.461. The van der Waals surface area contributed by atoms with Crippen molar-refractivity contribution in [3.63, 3.8) is 0 Å². The quantitative estimate of drug-likeness (QED) is 0.666. The monoisotopic (exact) mass is 285 g/mol. The van der Waals surface area contributed by atoms with E-state index in [9.17, 15) is 0 Å². The lowest BCUT2D eigenvalue weighted by Gasteiger charge is -2.10. The molecule has 1 aromatic carbocycles. The smallest absolute Gasteiger partial charge is 0.226 e. The molecule has 0 fully saturated rings. The minimum Gasteiger partial charge on any atom is -0.436 e. The number of ether oxygens (including phenoxy) is 1. The van der Waals surface area contributed by atoms with Gasteiger partial charge in [0.25, 0.3) is 0 Å². The Morgan fingerprint density at radius 2 is 1.90 bits per heavy atom. The van der Waals surface area contributed by atoms with Gasteiger partial charge in [0.2, 0.25) is 5.88 Å². The fourth-order valence-electron chi connectivity index (χ4n) is 1.92.